The third kappa shape index (κ3) is 3.87. The highest BCUT2D eigenvalue weighted by atomic mass is 32.1. The molecule has 5 nitrogen and oxygen atoms in total. The lowest BCUT2D eigenvalue weighted by Crippen LogP contribution is -2.28. The van der Waals surface area contributed by atoms with Crippen LogP contribution in [-0.2, 0) is 6.18 Å². The van der Waals surface area contributed by atoms with E-state index in [1.165, 1.54) is 17.5 Å². The highest BCUT2D eigenvalue weighted by Crippen LogP contribution is 2.33. The van der Waals surface area contributed by atoms with Crippen LogP contribution in [0.3, 0.4) is 0 Å². The third-order valence-electron chi connectivity index (χ3n) is 3.35. The second-order valence-corrected chi connectivity index (χ2v) is 6.18. The molecule has 2 aromatic heterocycles. The third-order valence-corrected chi connectivity index (χ3v) is 4.28. The first-order chi connectivity index (χ1) is 11.9. The van der Waals surface area contributed by atoms with Gasteiger partial charge in [-0.1, -0.05) is 17.4 Å². The lowest BCUT2D eigenvalue weighted by molar-refractivity contribution is -0.137. The summed E-state index contributed by atoms with van der Waals surface area (Å²) in [4.78, 5) is 19.5. The monoisotopic (exact) mass is 366 g/mol. The number of alkyl halides is 3. The van der Waals surface area contributed by atoms with Gasteiger partial charge in [-0.05, 0) is 30.7 Å². The van der Waals surface area contributed by atoms with Crippen LogP contribution in [0.4, 0.5) is 23.1 Å². The topological polar surface area (TPSA) is 66.9 Å². The summed E-state index contributed by atoms with van der Waals surface area (Å²) in [5.41, 5.74) is 0.816. The summed E-state index contributed by atoms with van der Waals surface area (Å²) < 4.78 is 39.2. The van der Waals surface area contributed by atoms with Crippen molar-refractivity contribution in [3.05, 3.63) is 42.2 Å². The Morgan fingerprint density at radius 2 is 2.00 bits per heavy atom. The Bertz CT molecular complexity index is 923. The molecule has 0 atom stereocenters. The van der Waals surface area contributed by atoms with E-state index >= 15 is 0 Å². The number of urea groups is 1. The molecule has 0 saturated heterocycles. The quantitative estimate of drug-likeness (QED) is 0.716. The van der Waals surface area contributed by atoms with Crippen molar-refractivity contribution in [3.8, 4) is 11.1 Å². The molecule has 0 aliphatic rings. The van der Waals surface area contributed by atoms with E-state index in [1.807, 2.05) is 0 Å². The second-order valence-electron chi connectivity index (χ2n) is 5.15. The number of carbonyl (C=O) groups excluding carboxylic acids is 1. The number of amides is 2. The number of hydrogen-bond acceptors (Lipinski definition) is 4. The predicted molar refractivity (Wildman–Crippen MR) is 90.5 cm³/mol. The van der Waals surface area contributed by atoms with E-state index in [4.69, 9.17) is 0 Å². The number of fused-ring (bicyclic) bond motifs is 1. The summed E-state index contributed by atoms with van der Waals surface area (Å²) in [7, 11) is 0. The van der Waals surface area contributed by atoms with Crippen LogP contribution in [0.15, 0.2) is 36.7 Å². The minimum Gasteiger partial charge on any atom is -0.338 e. The molecule has 2 heterocycles. The predicted octanol–water partition coefficient (Wildman–Crippen LogP) is 4.52. The summed E-state index contributed by atoms with van der Waals surface area (Å²) >= 11 is 1.24. The normalized spacial score (nSPS) is 11.5. The first-order valence-electron chi connectivity index (χ1n) is 7.35. The number of nitrogens with one attached hydrogen (secondary N) is 2. The first kappa shape index (κ1) is 17.2. The van der Waals surface area contributed by atoms with Gasteiger partial charge in [0.1, 0.15) is 0 Å². The van der Waals surface area contributed by atoms with E-state index in [-0.39, 0.29) is 6.03 Å². The Kier molecular flexibility index (Phi) is 4.58. The van der Waals surface area contributed by atoms with E-state index in [0.717, 1.165) is 17.0 Å². The molecule has 2 N–H and O–H groups in total. The van der Waals surface area contributed by atoms with Crippen molar-refractivity contribution >= 4 is 32.7 Å². The van der Waals surface area contributed by atoms with Gasteiger partial charge in [0.15, 0.2) is 5.13 Å². The van der Waals surface area contributed by atoms with Gasteiger partial charge in [-0.25, -0.2) is 9.78 Å². The summed E-state index contributed by atoms with van der Waals surface area (Å²) in [5, 5.41) is 5.63. The van der Waals surface area contributed by atoms with Gasteiger partial charge in [0.05, 0.1) is 15.8 Å². The average Bonchev–Trinajstić information content (AvgIpc) is 2.95. The molecule has 0 spiro atoms. The van der Waals surface area contributed by atoms with E-state index in [0.29, 0.717) is 28.3 Å². The lowest BCUT2D eigenvalue weighted by atomic mass is 10.1. The molecule has 3 aromatic rings. The van der Waals surface area contributed by atoms with Gasteiger partial charge in [0.2, 0.25) is 0 Å². The van der Waals surface area contributed by atoms with Crippen molar-refractivity contribution in [2.45, 2.75) is 13.1 Å². The fourth-order valence-corrected chi connectivity index (χ4v) is 3.11. The van der Waals surface area contributed by atoms with Crippen molar-refractivity contribution in [2.75, 3.05) is 11.9 Å². The zero-order valence-corrected chi connectivity index (χ0v) is 13.8. The van der Waals surface area contributed by atoms with Gasteiger partial charge in [0.25, 0.3) is 0 Å². The zero-order valence-electron chi connectivity index (χ0n) is 13.0. The fraction of sp³-hybridized carbons (Fsp3) is 0.188. The summed E-state index contributed by atoms with van der Waals surface area (Å²) in [5.74, 6) is 0. The summed E-state index contributed by atoms with van der Waals surface area (Å²) in [6.07, 6.45) is -2.27. The molecular weight excluding hydrogens is 353 g/mol. The van der Waals surface area contributed by atoms with Gasteiger partial charge in [0, 0.05) is 24.5 Å². The first-order valence-corrected chi connectivity index (χ1v) is 8.16. The Morgan fingerprint density at radius 3 is 2.72 bits per heavy atom. The van der Waals surface area contributed by atoms with Gasteiger partial charge in [-0.15, -0.1) is 0 Å². The number of carbonyl (C=O) groups is 1. The number of thiazole rings is 1. The smallest absolute Gasteiger partial charge is 0.338 e. The molecule has 3 rings (SSSR count). The maximum Gasteiger partial charge on any atom is 0.417 e. The van der Waals surface area contributed by atoms with Crippen LogP contribution in [0.25, 0.3) is 21.3 Å². The minimum atomic E-state index is -4.44. The van der Waals surface area contributed by atoms with Crippen molar-refractivity contribution in [3.63, 3.8) is 0 Å². The molecule has 9 heteroatoms. The number of nitrogens with zero attached hydrogens (tertiary/aromatic N) is 2. The number of hydrogen-bond donors (Lipinski definition) is 2. The summed E-state index contributed by atoms with van der Waals surface area (Å²) in [6, 6.07) is 5.80. The number of benzene rings is 1. The highest BCUT2D eigenvalue weighted by molar-refractivity contribution is 7.22. The minimum absolute atomic E-state index is 0.358. The number of rotatable bonds is 3. The molecule has 1 aromatic carbocycles. The van der Waals surface area contributed by atoms with Crippen LogP contribution in [-0.4, -0.2) is 22.5 Å². The number of halogens is 3. The van der Waals surface area contributed by atoms with Crippen molar-refractivity contribution in [1.29, 1.82) is 0 Å². The van der Waals surface area contributed by atoms with Crippen LogP contribution < -0.4 is 10.6 Å². The molecule has 0 aliphatic heterocycles. The second kappa shape index (κ2) is 6.67. The van der Waals surface area contributed by atoms with E-state index < -0.39 is 11.7 Å². The Balaban J connectivity index is 1.92. The Hall–Kier alpha value is -2.68. The largest absolute Gasteiger partial charge is 0.417 e. The molecule has 0 bridgehead atoms. The maximum absolute atomic E-state index is 12.8. The number of aromatic nitrogens is 2. The maximum atomic E-state index is 12.8. The molecule has 2 amide bonds. The molecule has 0 fully saturated rings. The summed E-state index contributed by atoms with van der Waals surface area (Å²) in [6.45, 7) is 2.29. The van der Waals surface area contributed by atoms with E-state index in [2.05, 4.69) is 20.6 Å². The number of anilines is 1. The SMILES string of the molecule is CCNC(=O)Nc1nc2ccc(-c3cncc(C(F)(F)F)c3)cc2s1. The van der Waals surface area contributed by atoms with Crippen molar-refractivity contribution < 1.29 is 18.0 Å². The van der Waals surface area contributed by atoms with Crippen LogP contribution in [0.5, 0.6) is 0 Å². The molecule has 25 heavy (non-hydrogen) atoms. The van der Waals surface area contributed by atoms with Gasteiger partial charge >= 0.3 is 12.2 Å². The Labute approximate surface area is 144 Å². The fourth-order valence-electron chi connectivity index (χ4n) is 2.21. The molecular formula is C16H13F3N4OS. The van der Waals surface area contributed by atoms with Gasteiger partial charge in [-0.2, -0.15) is 13.2 Å². The van der Waals surface area contributed by atoms with Crippen LogP contribution in [0.2, 0.25) is 0 Å². The van der Waals surface area contributed by atoms with Gasteiger partial charge < -0.3 is 5.32 Å². The molecule has 0 radical (unpaired) electrons. The van der Waals surface area contributed by atoms with E-state index in [1.54, 1.807) is 25.1 Å². The molecule has 0 aliphatic carbocycles. The van der Waals surface area contributed by atoms with Crippen LogP contribution >= 0.6 is 11.3 Å². The van der Waals surface area contributed by atoms with Gasteiger partial charge in [-0.3, -0.25) is 10.3 Å². The van der Waals surface area contributed by atoms with Crippen LogP contribution in [0, 0.1) is 0 Å². The van der Waals surface area contributed by atoms with Crippen LogP contribution in [0.1, 0.15) is 12.5 Å². The van der Waals surface area contributed by atoms with Crippen molar-refractivity contribution in [1.82, 2.24) is 15.3 Å². The lowest BCUT2D eigenvalue weighted by Gasteiger charge is -2.08. The van der Waals surface area contributed by atoms with E-state index in [9.17, 15) is 18.0 Å². The highest BCUT2D eigenvalue weighted by Gasteiger charge is 2.31. The van der Waals surface area contributed by atoms with Crippen molar-refractivity contribution in [2.24, 2.45) is 0 Å². The number of pyridine rings is 1. The molecule has 130 valence electrons. The zero-order chi connectivity index (χ0) is 18.0. The molecule has 0 saturated carbocycles. The standard InChI is InChI=1S/C16H13F3N4OS/c1-2-21-14(24)23-15-22-12-4-3-9(6-13(12)25-15)10-5-11(8-20-7-10)16(17,18)19/h3-8H,2H2,1H3,(H2,21,22,23,24). The Morgan fingerprint density at radius 1 is 1.20 bits per heavy atom. The average molecular weight is 366 g/mol. The molecule has 0 unspecified atom stereocenters.